The molecule has 0 aliphatic rings. The van der Waals surface area contributed by atoms with Crippen molar-refractivity contribution in [2.24, 2.45) is 5.92 Å². The first-order chi connectivity index (χ1) is 8.58. The highest BCUT2D eigenvalue weighted by Gasteiger charge is 2.15. The maximum Gasteiger partial charge on any atom is 0.272 e. The van der Waals surface area contributed by atoms with Crippen LogP contribution in [0.25, 0.3) is 0 Å². The van der Waals surface area contributed by atoms with Crippen molar-refractivity contribution in [1.29, 1.82) is 5.26 Å². The molecule has 5 heteroatoms. The maximum atomic E-state index is 12.1. The first-order valence-electron chi connectivity index (χ1n) is 5.94. The van der Waals surface area contributed by atoms with E-state index in [-0.39, 0.29) is 11.8 Å². The van der Waals surface area contributed by atoms with E-state index in [1.807, 2.05) is 13.0 Å². The standard InChI is InChI=1S/C13H18N4O/c1-4-15-12-7-5-6-11(16-12)13(18)17(3)9-10(2)8-14/h5-7,10H,4,9H2,1-3H3,(H,15,16). The van der Waals surface area contributed by atoms with Crippen LogP contribution in [-0.2, 0) is 0 Å². The predicted octanol–water partition coefficient (Wildman–Crippen LogP) is 1.75. The smallest absolute Gasteiger partial charge is 0.272 e. The molecule has 1 unspecified atom stereocenters. The topological polar surface area (TPSA) is 69.0 Å². The van der Waals surface area contributed by atoms with Crippen LogP contribution >= 0.6 is 0 Å². The Morgan fingerprint density at radius 1 is 1.61 bits per heavy atom. The molecule has 1 aromatic heterocycles. The van der Waals surface area contributed by atoms with Crippen LogP contribution in [0.5, 0.6) is 0 Å². The van der Waals surface area contributed by atoms with Crippen molar-refractivity contribution in [3.63, 3.8) is 0 Å². The number of rotatable bonds is 5. The molecule has 18 heavy (non-hydrogen) atoms. The van der Waals surface area contributed by atoms with Crippen molar-refractivity contribution in [2.75, 3.05) is 25.5 Å². The Hall–Kier alpha value is -2.09. The quantitative estimate of drug-likeness (QED) is 0.859. The van der Waals surface area contributed by atoms with E-state index in [4.69, 9.17) is 5.26 Å². The molecule has 0 saturated heterocycles. The molecule has 0 saturated carbocycles. The summed E-state index contributed by atoms with van der Waals surface area (Å²) in [4.78, 5) is 17.8. The number of anilines is 1. The van der Waals surface area contributed by atoms with Crippen LogP contribution in [0.3, 0.4) is 0 Å². The molecule has 1 rings (SSSR count). The van der Waals surface area contributed by atoms with Crippen LogP contribution in [-0.4, -0.2) is 35.9 Å². The van der Waals surface area contributed by atoms with E-state index >= 15 is 0 Å². The minimum atomic E-state index is -0.184. The second-order valence-corrected chi connectivity index (χ2v) is 4.15. The number of nitriles is 1. The van der Waals surface area contributed by atoms with Crippen LogP contribution in [0.1, 0.15) is 24.3 Å². The van der Waals surface area contributed by atoms with Crippen molar-refractivity contribution in [3.05, 3.63) is 23.9 Å². The molecule has 0 bridgehead atoms. The molecule has 0 aliphatic carbocycles. The average Bonchev–Trinajstić information content (AvgIpc) is 2.38. The number of pyridine rings is 1. The van der Waals surface area contributed by atoms with E-state index < -0.39 is 0 Å². The van der Waals surface area contributed by atoms with Gasteiger partial charge >= 0.3 is 0 Å². The summed E-state index contributed by atoms with van der Waals surface area (Å²) in [6.07, 6.45) is 0. The Morgan fingerprint density at radius 3 is 2.94 bits per heavy atom. The average molecular weight is 246 g/mol. The first kappa shape index (κ1) is 14.0. The number of hydrogen-bond donors (Lipinski definition) is 1. The van der Waals surface area contributed by atoms with Gasteiger partial charge in [-0.15, -0.1) is 0 Å². The zero-order valence-electron chi connectivity index (χ0n) is 11.0. The fourth-order valence-corrected chi connectivity index (χ4v) is 1.56. The monoisotopic (exact) mass is 246 g/mol. The van der Waals surface area contributed by atoms with Crippen molar-refractivity contribution >= 4 is 11.7 Å². The van der Waals surface area contributed by atoms with E-state index in [0.29, 0.717) is 18.1 Å². The number of carbonyl (C=O) groups is 1. The van der Waals surface area contributed by atoms with Gasteiger partial charge in [0.05, 0.1) is 12.0 Å². The lowest BCUT2D eigenvalue weighted by Crippen LogP contribution is -2.31. The molecule has 5 nitrogen and oxygen atoms in total. The highest BCUT2D eigenvalue weighted by molar-refractivity contribution is 5.92. The van der Waals surface area contributed by atoms with E-state index in [0.717, 1.165) is 6.54 Å². The van der Waals surface area contributed by atoms with Crippen LogP contribution in [0.15, 0.2) is 18.2 Å². The molecule has 0 spiro atoms. The molecule has 0 aromatic carbocycles. The molecule has 1 heterocycles. The Kier molecular flexibility index (Phi) is 5.12. The van der Waals surface area contributed by atoms with Crippen molar-refractivity contribution < 1.29 is 4.79 Å². The maximum absolute atomic E-state index is 12.1. The molecule has 96 valence electrons. The molecule has 1 N–H and O–H groups in total. The van der Waals surface area contributed by atoms with Gasteiger partial charge in [0, 0.05) is 20.1 Å². The van der Waals surface area contributed by atoms with Gasteiger partial charge in [-0.25, -0.2) is 4.98 Å². The summed E-state index contributed by atoms with van der Waals surface area (Å²) in [6.45, 7) is 4.91. The van der Waals surface area contributed by atoms with Gasteiger partial charge in [0.1, 0.15) is 11.5 Å². The fraction of sp³-hybridized carbons (Fsp3) is 0.462. The van der Waals surface area contributed by atoms with Gasteiger partial charge in [0.15, 0.2) is 0 Å². The Balaban J connectivity index is 2.77. The van der Waals surface area contributed by atoms with Gasteiger partial charge in [-0.2, -0.15) is 5.26 Å². The minimum absolute atomic E-state index is 0.170. The largest absolute Gasteiger partial charge is 0.370 e. The van der Waals surface area contributed by atoms with E-state index in [1.54, 1.807) is 26.1 Å². The SMILES string of the molecule is CCNc1cccc(C(=O)N(C)CC(C)C#N)n1. The van der Waals surface area contributed by atoms with E-state index in [2.05, 4.69) is 16.4 Å². The van der Waals surface area contributed by atoms with E-state index in [1.165, 1.54) is 4.90 Å². The summed E-state index contributed by atoms with van der Waals surface area (Å²) >= 11 is 0. The highest BCUT2D eigenvalue weighted by atomic mass is 16.2. The third-order valence-corrected chi connectivity index (χ3v) is 2.44. The normalized spacial score (nSPS) is 11.4. The van der Waals surface area contributed by atoms with Gasteiger partial charge in [0.25, 0.3) is 5.91 Å². The minimum Gasteiger partial charge on any atom is -0.370 e. The number of nitrogens with one attached hydrogen (secondary N) is 1. The second kappa shape index (κ2) is 6.60. The first-order valence-corrected chi connectivity index (χ1v) is 5.94. The Labute approximate surface area is 107 Å². The third-order valence-electron chi connectivity index (χ3n) is 2.44. The summed E-state index contributed by atoms with van der Waals surface area (Å²) in [7, 11) is 1.68. The summed E-state index contributed by atoms with van der Waals surface area (Å²) in [5.74, 6) is 0.331. The lowest BCUT2D eigenvalue weighted by molar-refractivity contribution is 0.0779. The van der Waals surface area contributed by atoms with Crippen molar-refractivity contribution in [3.8, 4) is 6.07 Å². The zero-order chi connectivity index (χ0) is 13.5. The Morgan fingerprint density at radius 2 is 2.33 bits per heavy atom. The lowest BCUT2D eigenvalue weighted by atomic mass is 10.2. The molecular weight excluding hydrogens is 228 g/mol. The molecule has 0 aliphatic heterocycles. The highest BCUT2D eigenvalue weighted by Crippen LogP contribution is 2.08. The molecule has 1 amide bonds. The Bertz CT molecular complexity index is 453. The molecule has 0 radical (unpaired) electrons. The van der Waals surface area contributed by atoms with Gasteiger partial charge in [-0.05, 0) is 26.0 Å². The number of hydrogen-bond acceptors (Lipinski definition) is 4. The molecule has 0 fully saturated rings. The summed E-state index contributed by atoms with van der Waals surface area (Å²) in [5, 5.41) is 11.8. The molecular formula is C13H18N4O. The molecule has 1 atom stereocenters. The number of amides is 1. The summed E-state index contributed by atoms with van der Waals surface area (Å²) < 4.78 is 0. The summed E-state index contributed by atoms with van der Waals surface area (Å²) in [6, 6.07) is 7.39. The van der Waals surface area contributed by atoms with Gasteiger partial charge in [-0.1, -0.05) is 6.07 Å². The lowest BCUT2D eigenvalue weighted by Gasteiger charge is -2.18. The number of carbonyl (C=O) groups excluding carboxylic acids is 1. The third kappa shape index (κ3) is 3.74. The summed E-state index contributed by atoms with van der Waals surface area (Å²) in [5.41, 5.74) is 0.390. The van der Waals surface area contributed by atoms with Crippen LogP contribution in [0, 0.1) is 17.2 Å². The zero-order valence-corrected chi connectivity index (χ0v) is 11.0. The van der Waals surface area contributed by atoms with Crippen LogP contribution in [0.2, 0.25) is 0 Å². The van der Waals surface area contributed by atoms with Crippen molar-refractivity contribution in [1.82, 2.24) is 9.88 Å². The van der Waals surface area contributed by atoms with Gasteiger partial charge in [0.2, 0.25) is 0 Å². The van der Waals surface area contributed by atoms with Crippen LogP contribution < -0.4 is 5.32 Å². The van der Waals surface area contributed by atoms with Crippen LogP contribution in [0.4, 0.5) is 5.82 Å². The van der Waals surface area contributed by atoms with E-state index in [9.17, 15) is 4.79 Å². The second-order valence-electron chi connectivity index (χ2n) is 4.15. The van der Waals surface area contributed by atoms with Gasteiger partial charge < -0.3 is 10.2 Å². The predicted molar refractivity (Wildman–Crippen MR) is 70.1 cm³/mol. The number of aromatic nitrogens is 1. The number of nitrogens with zero attached hydrogens (tertiary/aromatic N) is 3. The fourth-order valence-electron chi connectivity index (χ4n) is 1.56. The molecule has 1 aromatic rings. The van der Waals surface area contributed by atoms with Gasteiger partial charge in [-0.3, -0.25) is 4.79 Å². The van der Waals surface area contributed by atoms with Crippen molar-refractivity contribution in [2.45, 2.75) is 13.8 Å².